The molecule has 2 aromatic carbocycles. The molecule has 0 aromatic heterocycles. The summed E-state index contributed by atoms with van der Waals surface area (Å²) in [6, 6.07) is 12.2. The van der Waals surface area contributed by atoms with Crippen LogP contribution < -0.4 is 5.32 Å². The van der Waals surface area contributed by atoms with Gasteiger partial charge in [0, 0.05) is 17.6 Å². The lowest BCUT2D eigenvalue weighted by atomic mass is 10.0. The van der Waals surface area contributed by atoms with E-state index in [1.165, 1.54) is 12.1 Å². The van der Waals surface area contributed by atoms with Crippen LogP contribution in [-0.4, -0.2) is 5.11 Å². The van der Waals surface area contributed by atoms with Crippen molar-refractivity contribution in [3.05, 3.63) is 65.0 Å². The first kappa shape index (κ1) is 14.5. The lowest BCUT2D eigenvalue weighted by molar-refractivity contribution is 0.437. The Morgan fingerprint density at radius 3 is 2.45 bits per heavy atom. The Morgan fingerprint density at radius 2 is 1.80 bits per heavy atom. The van der Waals surface area contributed by atoms with Gasteiger partial charge in [-0.2, -0.15) is 0 Å². The Balaban J connectivity index is 2.12. The molecule has 0 bridgehead atoms. The molecule has 1 unspecified atom stereocenters. The number of hydrogen-bond donors (Lipinski definition) is 2. The topological polar surface area (TPSA) is 32.3 Å². The molecule has 2 aromatic rings. The molecule has 0 saturated carbocycles. The summed E-state index contributed by atoms with van der Waals surface area (Å²) in [5.74, 6) is 0.0541. The Hall–Kier alpha value is -1.87. The molecule has 0 aliphatic carbocycles. The standard InChI is InChI=1S/C17H20FNO/c1-11-7-8-16(17(20)9-11)13(3)19-12(2)14-5-4-6-15(18)10-14/h4-10,12-13,19-20H,1-3H3/t12-,13?/m0/s1. The van der Waals surface area contributed by atoms with E-state index in [2.05, 4.69) is 5.32 Å². The number of phenols is 1. The van der Waals surface area contributed by atoms with E-state index in [-0.39, 0.29) is 23.7 Å². The molecule has 2 N–H and O–H groups in total. The van der Waals surface area contributed by atoms with Crippen LogP contribution in [0.4, 0.5) is 4.39 Å². The molecule has 20 heavy (non-hydrogen) atoms. The third kappa shape index (κ3) is 3.36. The largest absolute Gasteiger partial charge is 0.508 e. The van der Waals surface area contributed by atoms with Crippen molar-refractivity contribution in [2.45, 2.75) is 32.9 Å². The molecular formula is C17H20FNO. The zero-order valence-corrected chi connectivity index (χ0v) is 12.0. The second kappa shape index (κ2) is 6.06. The van der Waals surface area contributed by atoms with Gasteiger partial charge in [0.1, 0.15) is 11.6 Å². The number of rotatable bonds is 4. The number of nitrogens with one attached hydrogen (secondary N) is 1. The second-order valence-corrected chi connectivity index (χ2v) is 5.23. The van der Waals surface area contributed by atoms with Gasteiger partial charge in [-0.1, -0.05) is 24.3 Å². The van der Waals surface area contributed by atoms with Gasteiger partial charge in [-0.3, -0.25) is 0 Å². The maximum Gasteiger partial charge on any atom is 0.123 e. The van der Waals surface area contributed by atoms with E-state index in [1.54, 1.807) is 12.1 Å². The van der Waals surface area contributed by atoms with Gasteiger partial charge in [-0.15, -0.1) is 0 Å². The van der Waals surface area contributed by atoms with E-state index in [9.17, 15) is 9.50 Å². The van der Waals surface area contributed by atoms with Crippen molar-refractivity contribution in [1.29, 1.82) is 0 Å². The number of hydrogen-bond acceptors (Lipinski definition) is 2. The number of phenolic OH excluding ortho intramolecular Hbond substituents is 1. The van der Waals surface area contributed by atoms with Crippen LogP contribution in [0, 0.1) is 12.7 Å². The molecule has 0 saturated heterocycles. The zero-order valence-electron chi connectivity index (χ0n) is 12.0. The molecule has 3 heteroatoms. The van der Waals surface area contributed by atoms with Crippen molar-refractivity contribution >= 4 is 0 Å². The summed E-state index contributed by atoms with van der Waals surface area (Å²) in [5, 5.41) is 13.4. The van der Waals surface area contributed by atoms with Crippen LogP contribution in [0.15, 0.2) is 42.5 Å². The van der Waals surface area contributed by atoms with Crippen molar-refractivity contribution in [2.24, 2.45) is 0 Å². The van der Waals surface area contributed by atoms with Crippen molar-refractivity contribution in [2.75, 3.05) is 0 Å². The molecule has 106 valence electrons. The molecule has 2 atom stereocenters. The third-order valence-electron chi connectivity index (χ3n) is 3.50. The van der Waals surface area contributed by atoms with Crippen LogP contribution in [0.1, 0.15) is 42.6 Å². The van der Waals surface area contributed by atoms with Gasteiger partial charge in [0.05, 0.1) is 0 Å². The van der Waals surface area contributed by atoms with Crippen LogP contribution >= 0.6 is 0 Å². The first-order chi connectivity index (χ1) is 9.47. The molecule has 0 radical (unpaired) electrons. The van der Waals surface area contributed by atoms with Gasteiger partial charge in [-0.25, -0.2) is 4.39 Å². The van der Waals surface area contributed by atoms with Gasteiger partial charge >= 0.3 is 0 Å². The lowest BCUT2D eigenvalue weighted by Crippen LogP contribution is -2.22. The van der Waals surface area contributed by atoms with Crippen LogP contribution in [0.2, 0.25) is 0 Å². The van der Waals surface area contributed by atoms with E-state index < -0.39 is 0 Å². The fraction of sp³-hybridized carbons (Fsp3) is 0.294. The highest BCUT2D eigenvalue weighted by atomic mass is 19.1. The van der Waals surface area contributed by atoms with Crippen LogP contribution in [0.3, 0.4) is 0 Å². The fourth-order valence-corrected chi connectivity index (χ4v) is 2.36. The van der Waals surface area contributed by atoms with Gasteiger partial charge in [0.2, 0.25) is 0 Å². The Kier molecular flexibility index (Phi) is 4.40. The maximum atomic E-state index is 13.2. The molecule has 0 aliphatic rings. The van der Waals surface area contributed by atoms with E-state index in [1.807, 2.05) is 39.0 Å². The molecule has 0 amide bonds. The quantitative estimate of drug-likeness (QED) is 0.872. The van der Waals surface area contributed by atoms with Gasteiger partial charge in [0.25, 0.3) is 0 Å². The molecular weight excluding hydrogens is 253 g/mol. The highest BCUT2D eigenvalue weighted by molar-refractivity contribution is 5.38. The van der Waals surface area contributed by atoms with E-state index in [0.29, 0.717) is 0 Å². The summed E-state index contributed by atoms with van der Waals surface area (Å²) in [5.41, 5.74) is 2.76. The monoisotopic (exact) mass is 273 g/mol. The smallest absolute Gasteiger partial charge is 0.123 e. The predicted octanol–water partition coefficient (Wildman–Crippen LogP) is 4.25. The minimum Gasteiger partial charge on any atom is -0.508 e. The number of benzene rings is 2. The highest BCUT2D eigenvalue weighted by Crippen LogP contribution is 2.27. The fourth-order valence-electron chi connectivity index (χ4n) is 2.36. The summed E-state index contributed by atoms with van der Waals surface area (Å²) in [6.45, 7) is 5.91. The van der Waals surface area contributed by atoms with Crippen molar-refractivity contribution in [3.8, 4) is 5.75 Å². The van der Waals surface area contributed by atoms with Crippen molar-refractivity contribution in [1.82, 2.24) is 5.32 Å². The summed E-state index contributed by atoms with van der Waals surface area (Å²) in [6.07, 6.45) is 0. The lowest BCUT2D eigenvalue weighted by Gasteiger charge is -2.21. The number of aromatic hydroxyl groups is 1. The number of halogens is 1. The third-order valence-corrected chi connectivity index (χ3v) is 3.50. The molecule has 2 rings (SSSR count). The predicted molar refractivity (Wildman–Crippen MR) is 79.2 cm³/mol. The maximum absolute atomic E-state index is 13.2. The molecule has 0 fully saturated rings. The first-order valence-electron chi connectivity index (χ1n) is 6.78. The minimum atomic E-state index is -0.234. The number of aryl methyl sites for hydroxylation is 1. The van der Waals surface area contributed by atoms with Gasteiger partial charge < -0.3 is 10.4 Å². The van der Waals surface area contributed by atoms with Gasteiger partial charge in [0.15, 0.2) is 0 Å². The summed E-state index contributed by atoms with van der Waals surface area (Å²) >= 11 is 0. The summed E-state index contributed by atoms with van der Waals surface area (Å²) in [7, 11) is 0. The first-order valence-corrected chi connectivity index (χ1v) is 6.78. The van der Waals surface area contributed by atoms with E-state index in [0.717, 1.165) is 16.7 Å². The van der Waals surface area contributed by atoms with E-state index >= 15 is 0 Å². The SMILES string of the molecule is Cc1ccc(C(C)N[C@@H](C)c2cccc(F)c2)c(O)c1. The normalized spacial score (nSPS) is 14.0. The van der Waals surface area contributed by atoms with Gasteiger partial charge in [-0.05, 0) is 50.1 Å². The molecule has 0 heterocycles. The summed E-state index contributed by atoms with van der Waals surface area (Å²) < 4.78 is 13.2. The van der Waals surface area contributed by atoms with Crippen molar-refractivity contribution in [3.63, 3.8) is 0 Å². The molecule has 0 spiro atoms. The minimum absolute atomic E-state index is 0.00130. The average molecular weight is 273 g/mol. The Bertz CT molecular complexity index is 597. The summed E-state index contributed by atoms with van der Waals surface area (Å²) in [4.78, 5) is 0. The van der Waals surface area contributed by atoms with E-state index in [4.69, 9.17) is 0 Å². The molecule has 0 aliphatic heterocycles. The van der Waals surface area contributed by atoms with Crippen LogP contribution in [-0.2, 0) is 0 Å². The highest BCUT2D eigenvalue weighted by Gasteiger charge is 2.14. The van der Waals surface area contributed by atoms with Crippen LogP contribution in [0.25, 0.3) is 0 Å². The second-order valence-electron chi connectivity index (χ2n) is 5.23. The van der Waals surface area contributed by atoms with Crippen molar-refractivity contribution < 1.29 is 9.50 Å². The average Bonchev–Trinajstić information content (AvgIpc) is 2.38. The molecule has 2 nitrogen and oxygen atoms in total. The Morgan fingerprint density at radius 1 is 1.05 bits per heavy atom. The van der Waals surface area contributed by atoms with Crippen LogP contribution in [0.5, 0.6) is 5.75 Å². The zero-order chi connectivity index (χ0) is 14.7. The Labute approximate surface area is 119 Å².